The van der Waals surface area contributed by atoms with E-state index in [1.165, 1.54) is 5.56 Å². The second-order valence-corrected chi connectivity index (χ2v) is 7.09. The minimum absolute atomic E-state index is 0.0351. The predicted octanol–water partition coefficient (Wildman–Crippen LogP) is 3.46. The Labute approximate surface area is 160 Å². The molecule has 2 unspecified atom stereocenters. The highest BCUT2D eigenvalue weighted by molar-refractivity contribution is 5.96. The molecule has 2 atom stereocenters. The summed E-state index contributed by atoms with van der Waals surface area (Å²) in [5.41, 5.74) is 2.55. The van der Waals surface area contributed by atoms with Crippen LogP contribution in [0.2, 0.25) is 0 Å². The van der Waals surface area contributed by atoms with Crippen LogP contribution in [0.4, 0.5) is 5.69 Å². The van der Waals surface area contributed by atoms with E-state index in [1.807, 2.05) is 37.1 Å². The average Bonchev–Trinajstić information content (AvgIpc) is 3.18. The van der Waals surface area contributed by atoms with Crippen molar-refractivity contribution in [1.29, 1.82) is 0 Å². The standard InChI is InChI=1S/C22H27N3O2/c1-16(15-23-2)21(26)24-19-12-10-18(11-13-19)22(27)25-14-6-9-20(25)17-7-4-3-5-8-17/h3-5,7-8,10-13,16,20,23H,6,9,14-15H2,1-2H3,(H,24,26). The Kier molecular flexibility index (Phi) is 6.24. The minimum atomic E-state index is -0.118. The van der Waals surface area contributed by atoms with Gasteiger partial charge in [0.15, 0.2) is 0 Å². The van der Waals surface area contributed by atoms with Crippen LogP contribution >= 0.6 is 0 Å². The van der Waals surface area contributed by atoms with E-state index in [0.29, 0.717) is 17.8 Å². The highest BCUT2D eigenvalue weighted by Gasteiger charge is 2.30. The molecule has 0 bridgehead atoms. The summed E-state index contributed by atoms with van der Waals surface area (Å²) in [7, 11) is 1.82. The van der Waals surface area contributed by atoms with Crippen LogP contribution in [-0.4, -0.2) is 36.9 Å². The third-order valence-corrected chi connectivity index (χ3v) is 5.06. The summed E-state index contributed by atoms with van der Waals surface area (Å²) in [6.45, 7) is 3.28. The van der Waals surface area contributed by atoms with Gasteiger partial charge in [-0.1, -0.05) is 37.3 Å². The molecule has 1 heterocycles. The molecule has 5 heteroatoms. The number of hydrogen-bond acceptors (Lipinski definition) is 3. The van der Waals surface area contributed by atoms with Crippen LogP contribution in [0, 0.1) is 5.92 Å². The summed E-state index contributed by atoms with van der Waals surface area (Å²) in [6, 6.07) is 17.5. The van der Waals surface area contributed by atoms with Crippen molar-refractivity contribution in [3.8, 4) is 0 Å². The summed E-state index contributed by atoms with van der Waals surface area (Å²) in [6.07, 6.45) is 2.01. The van der Waals surface area contributed by atoms with Gasteiger partial charge in [-0.15, -0.1) is 0 Å². The van der Waals surface area contributed by atoms with Crippen molar-refractivity contribution in [2.75, 3.05) is 25.5 Å². The van der Waals surface area contributed by atoms with E-state index < -0.39 is 0 Å². The van der Waals surface area contributed by atoms with Crippen molar-refractivity contribution in [1.82, 2.24) is 10.2 Å². The number of benzene rings is 2. The zero-order chi connectivity index (χ0) is 19.2. The van der Waals surface area contributed by atoms with E-state index in [-0.39, 0.29) is 23.8 Å². The van der Waals surface area contributed by atoms with Gasteiger partial charge < -0.3 is 15.5 Å². The molecule has 0 aliphatic carbocycles. The summed E-state index contributed by atoms with van der Waals surface area (Å²) >= 11 is 0. The monoisotopic (exact) mass is 365 g/mol. The predicted molar refractivity (Wildman–Crippen MR) is 108 cm³/mol. The Morgan fingerprint density at radius 3 is 2.48 bits per heavy atom. The summed E-state index contributed by atoms with van der Waals surface area (Å²) < 4.78 is 0. The van der Waals surface area contributed by atoms with Crippen molar-refractivity contribution in [3.63, 3.8) is 0 Å². The molecule has 2 aromatic rings. The Balaban J connectivity index is 1.68. The molecule has 1 aliphatic rings. The number of likely N-dealkylation sites (tertiary alicyclic amines) is 1. The van der Waals surface area contributed by atoms with Crippen molar-refractivity contribution in [2.24, 2.45) is 5.92 Å². The van der Waals surface area contributed by atoms with Crippen LogP contribution < -0.4 is 10.6 Å². The van der Waals surface area contributed by atoms with Crippen LogP contribution in [0.5, 0.6) is 0 Å². The molecular weight excluding hydrogens is 338 g/mol. The molecule has 2 N–H and O–H groups in total. The highest BCUT2D eigenvalue weighted by Crippen LogP contribution is 2.33. The van der Waals surface area contributed by atoms with Crippen molar-refractivity contribution < 1.29 is 9.59 Å². The number of nitrogens with zero attached hydrogens (tertiary/aromatic N) is 1. The molecule has 27 heavy (non-hydrogen) atoms. The maximum absolute atomic E-state index is 13.0. The van der Waals surface area contributed by atoms with Gasteiger partial charge in [0.1, 0.15) is 0 Å². The lowest BCUT2D eigenvalue weighted by Gasteiger charge is -2.25. The van der Waals surface area contributed by atoms with Crippen molar-refractivity contribution in [2.45, 2.75) is 25.8 Å². The van der Waals surface area contributed by atoms with E-state index >= 15 is 0 Å². The zero-order valence-electron chi connectivity index (χ0n) is 15.9. The number of amides is 2. The molecule has 2 amide bonds. The van der Waals surface area contributed by atoms with Gasteiger partial charge in [-0.25, -0.2) is 0 Å². The first-order chi connectivity index (χ1) is 13.1. The van der Waals surface area contributed by atoms with E-state index in [1.54, 1.807) is 24.3 Å². The molecule has 3 rings (SSSR count). The molecular formula is C22H27N3O2. The first-order valence-electron chi connectivity index (χ1n) is 9.51. The SMILES string of the molecule is CNCC(C)C(=O)Nc1ccc(C(=O)N2CCCC2c2ccccc2)cc1. The molecule has 0 saturated carbocycles. The number of anilines is 1. The fourth-order valence-electron chi connectivity index (χ4n) is 3.56. The number of carbonyl (C=O) groups is 2. The third-order valence-electron chi connectivity index (χ3n) is 5.06. The fraction of sp³-hybridized carbons (Fsp3) is 0.364. The fourth-order valence-corrected chi connectivity index (χ4v) is 3.56. The van der Waals surface area contributed by atoms with Gasteiger partial charge in [0, 0.05) is 30.3 Å². The number of carbonyl (C=O) groups excluding carboxylic acids is 2. The quantitative estimate of drug-likeness (QED) is 0.824. The van der Waals surface area contributed by atoms with E-state index in [2.05, 4.69) is 22.8 Å². The normalized spacial score (nSPS) is 17.6. The maximum atomic E-state index is 13.0. The van der Waals surface area contributed by atoms with Crippen LogP contribution in [0.25, 0.3) is 0 Å². The first kappa shape index (κ1) is 19.1. The van der Waals surface area contributed by atoms with Crippen LogP contribution in [-0.2, 0) is 4.79 Å². The minimum Gasteiger partial charge on any atom is -0.332 e. The van der Waals surface area contributed by atoms with Gasteiger partial charge in [-0.3, -0.25) is 9.59 Å². The zero-order valence-corrected chi connectivity index (χ0v) is 15.9. The van der Waals surface area contributed by atoms with Gasteiger partial charge in [0.25, 0.3) is 5.91 Å². The molecule has 142 valence electrons. The molecule has 0 aromatic heterocycles. The summed E-state index contributed by atoms with van der Waals surface area (Å²) in [5, 5.41) is 5.89. The smallest absolute Gasteiger partial charge is 0.254 e. The Bertz CT molecular complexity index is 774. The largest absolute Gasteiger partial charge is 0.332 e. The Morgan fingerprint density at radius 1 is 1.11 bits per heavy atom. The van der Waals surface area contributed by atoms with Crippen LogP contribution in [0.3, 0.4) is 0 Å². The van der Waals surface area contributed by atoms with Gasteiger partial charge in [-0.05, 0) is 49.7 Å². The van der Waals surface area contributed by atoms with E-state index in [0.717, 1.165) is 19.4 Å². The summed E-state index contributed by atoms with van der Waals surface area (Å²) in [4.78, 5) is 27.0. The van der Waals surface area contributed by atoms with E-state index in [4.69, 9.17) is 0 Å². The molecule has 2 aromatic carbocycles. The van der Waals surface area contributed by atoms with Gasteiger partial charge >= 0.3 is 0 Å². The first-order valence-corrected chi connectivity index (χ1v) is 9.51. The van der Waals surface area contributed by atoms with Gasteiger partial charge in [0.05, 0.1) is 6.04 Å². The van der Waals surface area contributed by atoms with Gasteiger partial charge in [0.2, 0.25) is 5.91 Å². The molecule has 5 nitrogen and oxygen atoms in total. The second kappa shape index (κ2) is 8.82. The summed E-state index contributed by atoms with van der Waals surface area (Å²) in [5.74, 6) is -0.109. The second-order valence-electron chi connectivity index (χ2n) is 7.09. The lowest BCUT2D eigenvalue weighted by molar-refractivity contribution is -0.119. The molecule has 1 fully saturated rings. The van der Waals surface area contributed by atoms with Crippen LogP contribution in [0.1, 0.15) is 41.7 Å². The third kappa shape index (κ3) is 4.55. The number of nitrogens with one attached hydrogen (secondary N) is 2. The molecule has 1 aliphatic heterocycles. The Hall–Kier alpha value is -2.66. The average molecular weight is 365 g/mol. The van der Waals surface area contributed by atoms with Crippen molar-refractivity contribution >= 4 is 17.5 Å². The topological polar surface area (TPSA) is 61.4 Å². The highest BCUT2D eigenvalue weighted by atomic mass is 16.2. The van der Waals surface area contributed by atoms with Crippen LogP contribution in [0.15, 0.2) is 54.6 Å². The number of rotatable bonds is 6. The number of hydrogen-bond donors (Lipinski definition) is 2. The van der Waals surface area contributed by atoms with Crippen molar-refractivity contribution in [3.05, 3.63) is 65.7 Å². The van der Waals surface area contributed by atoms with E-state index in [9.17, 15) is 9.59 Å². The molecule has 0 spiro atoms. The molecule has 0 radical (unpaired) electrons. The maximum Gasteiger partial charge on any atom is 0.254 e. The Morgan fingerprint density at radius 2 is 1.81 bits per heavy atom. The lowest BCUT2D eigenvalue weighted by atomic mass is 10.0. The molecule has 1 saturated heterocycles. The lowest BCUT2D eigenvalue weighted by Crippen LogP contribution is -2.30. The van der Waals surface area contributed by atoms with Gasteiger partial charge in [-0.2, -0.15) is 0 Å².